The van der Waals surface area contributed by atoms with Crippen LogP contribution in [-0.4, -0.2) is 48.3 Å². The van der Waals surface area contributed by atoms with Gasteiger partial charge in [-0.3, -0.25) is 19.2 Å². The molecule has 1 fully saturated rings. The normalized spacial score (nSPS) is 30.0. The Morgan fingerprint density at radius 3 is 1.48 bits per heavy atom. The minimum absolute atomic E-state index is 0.264. The molecule has 1 aliphatic carbocycles. The lowest BCUT2D eigenvalue weighted by molar-refractivity contribution is -0.217. The van der Waals surface area contributed by atoms with Gasteiger partial charge in [0.1, 0.15) is 12.2 Å². The smallest absolute Gasteiger partial charge is 0.303 e. The van der Waals surface area contributed by atoms with Gasteiger partial charge >= 0.3 is 23.9 Å². The summed E-state index contributed by atoms with van der Waals surface area (Å²) in [7, 11) is 0. The van der Waals surface area contributed by atoms with Crippen LogP contribution >= 0.6 is 0 Å². The molecule has 8 heteroatoms. The van der Waals surface area contributed by atoms with Crippen molar-refractivity contribution in [3.05, 3.63) is 0 Å². The van der Waals surface area contributed by atoms with Crippen LogP contribution in [0.25, 0.3) is 0 Å². The van der Waals surface area contributed by atoms with Crippen molar-refractivity contribution in [1.29, 1.82) is 0 Å². The highest BCUT2D eigenvalue weighted by atomic mass is 16.6. The van der Waals surface area contributed by atoms with Crippen LogP contribution in [0.1, 0.15) is 41.0 Å². The summed E-state index contributed by atoms with van der Waals surface area (Å²) in [6.07, 6.45) is -3.38. The molecule has 130 valence electrons. The largest absolute Gasteiger partial charge is 0.458 e. The molecule has 0 aliphatic heterocycles. The molecule has 0 unspecified atom stereocenters. The van der Waals surface area contributed by atoms with Crippen molar-refractivity contribution < 1.29 is 38.1 Å². The van der Waals surface area contributed by atoms with E-state index in [9.17, 15) is 19.2 Å². The van der Waals surface area contributed by atoms with Crippen molar-refractivity contribution in [2.45, 2.75) is 65.5 Å². The van der Waals surface area contributed by atoms with E-state index in [0.717, 1.165) is 0 Å². The molecule has 8 nitrogen and oxygen atoms in total. The zero-order chi connectivity index (χ0) is 17.7. The fourth-order valence-corrected chi connectivity index (χ4v) is 2.72. The number of carbonyl (C=O) groups is 4. The lowest BCUT2D eigenvalue weighted by Crippen LogP contribution is -2.58. The summed E-state index contributed by atoms with van der Waals surface area (Å²) in [6, 6.07) is 0. The molecule has 0 bridgehead atoms. The Morgan fingerprint density at radius 1 is 0.652 bits per heavy atom. The number of hydrogen-bond acceptors (Lipinski definition) is 8. The van der Waals surface area contributed by atoms with Gasteiger partial charge in [0.15, 0.2) is 12.2 Å². The van der Waals surface area contributed by atoms with Gasteiger partial charge in [-0.05, 0) is 6.42 Å². The molecule has 0 aromatic rings. The molecule has 0 radical (unpaired) electrons. The molecule has 0 spiro atoms. The first-order valence-corrected chi connectivity index (χ1v) is 7.30. The van der Waals surface area contributed by atoms with Crippen LogP contribution in [0.3, 0.4) is 0 Å². The van der Waals surface area contributed by atoms with Gasteiger partial charge in [-0.25, -0.2) is 0 Å². The van der Waals surface area contributed by atoms with E-state index in [4.69, 9.17) is 18.9 Å². The highest BCUT2D eigenvalue weighted by Gasteiger charge is 2.50. The van der Waals surface area contributed by atoms with E-state index in [1.54, 1.807) is 6.92 Å². The maximum Gasteiger partial charge on any atom is 0.303 e. The molecule has 0 aromatic heterocycles. The molecule has 1 rings (SSSR count). The summed E-state index contributed by atoms with van der Waals surface area (Å²) >= 11 is 0. The van der Waals surface area contributed by atoms with Crippen molar-refractivity contribution >= 4 is 23.9 Å². The molecule has 23 heavy (non-hydrogen) atoms. The average Bonchev–Trinajstić information content (AvgIpc) is 2.36. The lowest BCUT2D eigenvalue weighted by atomic mass is 9.81. The van der Waals surface area contributed by atoms with E-state index in [0.29, 0.717) is 6.42 Å². The topological polar surface area (TPSA) is 105 Å². The van der Waals surface area contributed by atoms with Crippen LogP contribution in [0.2, 0.25) is 0 Å². The Balaban J connectivity index is 3.15. The van der Waals surface area contributed by atoms with Crippen molar-refractivity contribution in [1.82, 2.24) is 0 Å². The van der Waals surface area contributed by atoms with Crippen LogP contribution in [0.15, 0.2) is 0 Å². The number of rotatable bonds is 4. The lowest BCUT2D eigenvalue weighted by Gasteiger charge is -2.43. The van der Waals surface area contributed by atoms with Crippen molar-refractivity contribution in [3.8, 4) is 0 Å². The summed E-state index contributed by atoms with van der Waals surface area (Å²) in [5.41, 5.74) is 0. The Kier molecular flexibility index (Phi) is 6.53. The summed E-state index contributed by atoms with van der Waals surface area (Å²) in [5, 5.41) is 0. The molecule has 0 N–H and O–H groups in total. The maximum absolute atomic E-state index is 11.4. The second kappa shape index (κ2) is 7.94. The first-order chi connectivity index (χ1) is 10.6. The number of ether oxygens (including phenoxy) is 4. The molecule has 0 amide bonds. The predicted molar refractivity (Wildman–Crippen MR) is 76.0 cm³/mol. The Bertz CT molecular complexity index is 486. The highest BCUT2D eigenvalue weighted by Crippen LogP contribution is 2.33. The van der Waals surface area contributed by atoms with Gasteiger partial charge < -0.3 is 18.9 Å². The van der Waals surface area contributed by atoms with Crippen molar-refractivity contribution in [2.24, 2.45) is 5.92 Å². The van der Waals surface area contributed by atoms with E-state index in [1.807, 2.05) is 0 Å². The van der Waals surface area contributed by atoms with Crippen molar-refractivity contribution in [2.75, 3.05) is 0 Å². The quantitative estimate of drug-likeness (QED) is 0.549. The first-order valence-electron chi connectivity index (χ1n) is 7.30. The summed E-state index contributed by atoms with van der Waals surface area (Å²) < 4.78 is 20.8. The average molecular weight is 330 g/mol. The van der Waals surface area contributed by atoms with Gasteiger partial charge in [0.25, 0.3) is 0 Å². The van der Waals surface area contributed by atoms with Gasteiger partial charge in [-0.15, -0.1) is 0 Å². The molecular weight excluding hydrogens is 308 g/mol. The van der Waals surface area contributed by atoms with Gasteiger partial charge in [0, 0.05) is 33.6 Å². The first kappa shape index (κ1) is 18.9. The molecule has 1 aliphatic rings. The summed E-state index contributed by atoms with van der Waals surface area (Å²) in [5.74, 6) is -2.61. The minimum atomic E-state index is -1.05. The molecular formula is C15H22O8. The van der Waals surface area contributed by atoms with Crippen LogP contribution in [-0.2, 0) is 38.1 Å². The zero-order valence-electron chi connectivity index (χ0n) is 13.9. The standard InChI is InChI=1S/C15H22O8/c1-7-6-12(20-8(2)16)14(22-10(4)18)15(23-11(5)19)13(7)21-9(3)17/h7,12-15H,6H2,1-5H3/t7-,12+,13-,14-,15-/m1/s1. The molecule has 0 aromatic carbocycles. The Morgan fingerprint density at radius 2 is 1.04 bits per heavy atom. The van der Waals surface area contributed by atoms with E-state index >= 15 is 0 Å². The minimum Gasteiger partial charge on any atom is -0.458 e. The van der Waals surface area contributed by atoms with Gasteiger partial charge in [-0.2, -0.15) is 0 Å². The number of hydrogen-bond donors (Lipinski definition) is 0. The fourth-order valence-electron chi connectivity index (χ4n) is 2.72. The van der Waals surface area contributed by atoms with E-state index in [-0.39, 0.29) is 5.92 Å². The zero-order valence-corrected chi connectivity index (χ0v) is 13.9. The molecule has 1 saturated carbocycles. The van der Waals surface area contributed by atoms with Crippen LogP contribution in [0, 0.1) is 5.92 Å². The highest BCUT2D eigenvalue weighted by molar-refractivity contribution is 5.69. The monoisotopic (exact) mass is 330 g/mol. The third-order valence-corrected chi connectivity index (χ3v) is 3.40. The Hall–Kier alpha value is -2.12. The SMILES string of the molecule is CC(=O)O[C@@H]1[C@H](OC(C)=O)[C@H](C)C[C@H](OC(C)=O)[C@H]1OC(C)=O. The second-order valence-electron chi connectivity index (χ2n) is 5.58. The van der Waals surface area contributed by atoms with Gasteiger partial charge in [0.2, 0.25) is 0 Å². The third-order valence-electron chi connectivity index (χ3n) is 3.40. The van der Waals surface area contributed by atoms with Crippen molar-refractivity contribution in [3.63, 3.8) is 0 Å². The molecule has 0 saturated heterocycles. The fraction of sp³-hybridized carbons (Fsp3) is 0.733. The number of carbonyl (C=O) groups excluding carboxylic acids is 4. The summed E-state index contributed by atoms with van der Waals surface area (Å²) in [4.78, 5) is 45.4. The molecule has 0 heterocycles. The second-order valence-corrected chi connectivity index (χ2v) is 5.58. The van der Waals surface area contributed by atoms with E-state index < -0.39 is 48.3 Å². The summed E-state index contributed by atoms with van der Waals surface area (Å²) in [6.45, 7) is 6.61. The van der Waals surface area contributed by atoms with Crippen LogP contribution in [0.4, 0.5) is 0 Å². The van der Waals surface area contributed by atoms with Crippen LogP contribution < -0.4 is 0 Å². The number of esters is 4. The predicted octanol–water partition coefficient (Wildman–Crippen LogP) is 0.753. The maximum atomic E-state index is 11.4. The third kappa shape index (κ3) is 5.54. The molecule has 5 atom stereocenters. The van der Waals surface area contributed by atoms with Gasteiger partial charge in [-0.1, -0.05) is 6.92 Å². The van der Waals surface area contributed by atoms with E-state index in [1.165, 1.54) is 27.7 Å². The van der Waals surface area contributed by atoms with Crippen LogP contribution in [0.5, 0.6) is 0 Å². The van der Waals surface area contributed by atoms with Gasteiger partial charge in [0.05, 0.1) is 0 Å². The Labute approximate surface area is 134 Å². The van der Waals surface area contributed by atoms with E-state index in [2.05, 4.69) is 0 Å².